The van der Waals surface area contributed by atoms with Crippen LogP contribution < -0.4 is 4.74 Å². The standard InChI is InChI=1S/C28H34N4O3/c1-19(2)20-5-7-22(8-6-20)27-24-25(21-9-11-23(34-3)12-10-21)29-30-26(24)28(33)32(27)14-4-13-31-15-17-35-18-16-31/h5-12,19,27H,4,13-18H2,1-3H3,(H,29,30). The van der Waals surface area contributed by atoms with Crippen LogP contribution in [0.2, 0.25) is 0 Å². The number of methoxy groups -OCH3 is 1. The van der Waals surface area contributed by atoms with Crippen LogP contribution in [0.4, 0.5) is 0 Å². The smallest absolute Gasteiger partial charge is 0.273 e. The molecule has 5 rings (SSSR count). The number of carbonyl (C=O) groups excluding carboxylic acids is 1. The molecule has 1 amide bonds. The minimum absolute atomic E-state index is 0.0205. The number of aromatic amines is 1. The molecule has 7 heteroatoms. The van der Waals surface area contributed by atoms with Crippen molar-refractivity contribution in [3.05, 3.63) is 70.9 Å². The number of ether oxygens (including phenoxy) is 2. The van der Waals surface area contributed by atoms with Crippen LogP contribution in [0.25, 0.3) is 11.3 Å². The predicted octanol–water partition coefficient (Wildman–Crippen LogP) is 4.48. The van der Waals surface area contributed by atoms with Crippen LogP contribution in [-0.2, 0) is 4.74 Å². The van der Waals surface area contributed by atoms with Gasteiger partial charge in [-0.3, -0.25) is 14.8 Å². The Bertz CT molecular complexity index is 1150. The number of amides is 1. The lowest BCUT2D eigenvalue weighted by atomic mass is 9.93. The first-order valence-corrected chi connectivity index (χ1v) is 12.5. The third-order valence-corrected chi connectivity index (χ3v) is 7.12. The third kappa shape index (κ3) is 4.70. The van der Waals surface area contributed by atoms with Crippen molar-refractivity contribution in [1.82, 2.24) is 20.0 Å². The topological polar surface area (TPSA) is 70.7 Å². The molecule has 1 unspecified atom stereocenters. The zero-order valence-corrected chi connectivity index (χ0v) is 20.8. The van der Waals surface area contributed by atoms with Crippen LogP contribution >= 0.6 is 0 Å². The first-order valence-electron chi connectivity index (χ1n) is 12.5. The van der Waals surface area contributed by atoms with Crippen LogP contribution in [0.5, 0.6) is 5.75 Å². The van der Waals surface area contributed by atoms with Gasteiger partial charge in [0.25, 0.3) is 5.91 Å². The number of fused-ring (bicyclic) bond motifs is 1. The Labute approximate surface area is 207 Å². The molecule has 184 valence electrons. The number of aromatic nitrogens is 2. The fourth-order valence-corrected chi connectivity index (χ4v) is 5.10. The number of nitrogens with one attached hydrogen (secondary N) is 1. The Morgan fingerprint density at radius 3 is 2.43 bits per heavy atom. The summed E-state index contributed by atoms with van der Waals surface area (Å²) in [5, 5.41) is 7.65. The Balaban J connectivity index is 1.47. The monoisotopic (exact) mass is 474 g/mol. The molecule has 2 aromatic carbocycles. The zero-order chi connectivity index (χ0) is 24.4. The summed E-state index contributed by atoms with van der Waals surface area (Å²) in [7, 11) is 1.66. The summed E-state index contributed by atoms with van der Waals surface area (Å²) in [5.41, 5.74) is 5.76. The maximum absolute atomic E-state index is 13.6. The largest absolute Gasteiger partial charge is 0.497 e. The Morgan fingerprint density at radius 2 is 1.77 bits per heavy atom. The average molecular weight is 475 g/mol. The van der Waals surface area contributed by atoms with Gasteiger partial charge in [0.15, 0.2) is 0 Å². The minimum Gasteiger partial charge on any atom is -0.497 e. The van der Waals surface area contributed by atoms with Crippen LogP contribution in [-0.4, -0.2) is 72.4 Å². The Hall–Kier alpha value is -3.16. The number of carbonyl (C=O) groups is 1. The van der Waals surface area contributed by atoms with Crippen molar-refractivity contribution in [2.75, 3.05) is 46.5 Å². The molecule has 3 aromatic rings. The fourth-order valence-electron chi connectivity index (χ4n) is 5.10. The number of H-pyrrole nitrogens is 1. The number of morpholine rings is 1. The number of hydrogen-bond acceptors (Lipinski definition) is 5. The van der Waals surface area contributed by atoms with E-state index in [1.807, 2.05) is 29.2 Å². The summed E-state index contributed by atoms with van der Waals surface area (Å²) in [5.74, 6) is 1.27. The van der Waals surface area contributed by atoms with Crippen molar-refractivity contribution in [2.45, 2.75) is 32.2 Å². The zero-order valence-electron chi connectivity index (χ0n) is 20.8. The van der Waals surface area contributed by atoms with E-state index in [0.29, 0.717) is 18.2 Å². The lowest BCUT2D eigenvalue weighted by Gasteiger charge is -2.30. The Morgan fingerprint density at radius 1 is 1.06 bits per heavy atom. The van der Waals surface area contributed by atoms with Gasteiger partial charge in [-0.2, -0.15) is 5.10 Å². The summed E-state index contributed by atoms with van der Waals surface area (Å²) in [6, 6.07) is 16.4. The molecule has 3 heterocycles. The second-order valence-corrected chi connectivity index (χ2v) is 9.62. The second-order valence-electron chi connectivity index (χ2n) is 9.62. The lowest BCUT2D eigenvalue weighted by molar-refractivity contribution is 0.0354. The normalized spacial score (nSPS) is 18.3. The predicted molar refractivity (Wildman–Crippen MR) is 136 cm³/mol. The molecule has 1 N–H and O–H groups in total. The van der Waals surface area contributed by atoms with E-state index in [4.69, 9.17) is 9.47 Å². The number of benzene rings is 2. The van der Waals surface area contributed by atoms with Gasteiger partial charge in [-0.25, -0.2) is 0 Å². The highest BCUT2D eigenvalue weighted by Crippen LogP contribution is 2.43. The maximum atomic E-state index is 13.6. The average Bonchev–Trinajstić information content (AvgIpc) is 3.44. The highest BCUT2D eigenvalue weighted by molar-refractivity contribution is 6.00. The van der Waals surface area contributed by atoms with E-state index >= 15 is 0 Å². The highest BCUT2D eigenvalue weighted by Gasteiger charge is 2.41. The summed E-state index contributed by atoms with van der Waals surface area (Å²) in [6.45, 7) is 9.53. The molecule has 1 saturated heterocycles. The molecule has 1 fully saturated rings. The van der Waals surface area contributed by atoms with Gasteiger partial charge in [0.05, 0.1) is 32.1 Å². The first-order chi connectivity index (χ1) is 17.1. The van der Waals surface area contributed by atoms with Gasteiger partial charge in [0.2, 0.25) is 0 Å². The van der Waals surface area contributed by atoms with E-state index in [2.05, 4.69) is 53.2 Å². The number of hydrogen-bond donors (Lipinski definition) is 1. The van der Waals surface area contributed by atoms with E-state index in [-0.39, 0.29) is 11.9 Å². The van der Waals surface area contributed by atoms with E-state index in [0.717, 1.165) is 67.4 Å². The van der Waals surface area contributed by atoms with Crippen molar-refractivity contribution in [3.63, 3.8) is 0 Å². The molecule has 1 atom stereocenters. The van der Waals surface area contributed by atoms with Gasteiger partial charge in [0, 0.05) is 37.3 Å². The molecule has 0 radical (unpaired) electrons. The number of nitrogens with zero attached hydrogens (tertiary/aromatic N) is 3. The molecule has 2 aliphatic heterocycles. The van der Waals surface area contributed by atoms with Gasteiger partial charge in [-0.15, -0.1) is 0 Å². The van der Waals surface area contributed by atoms with E-state index < -0.39 is 0 Å². The summed E-state index contributed by atoms with van der Waals surface area (Å²) in [6.07, 6.45) is 0.919. The van der Waals surface area contributed by atoms with E-state index in [9.17, 15) is 4.79 Å². The first kappa shape index (κ1) is 23.6. The van der Waals surface area contributed by atoms with Gasteiger partial charge in [-0.05, 0) is 47.7 Å². The van der Waals surface area contributed by atoms with Crippen molar-refractivity contribution >= 4 is 5.91 Å². The molecule has 0 saturated carbocycles. The fraction of sp³-hybridized carbons (Fsp3) is 0.429. The van der Waals surface area contributed by atoms with Crippen LogP contribution in [0.15, 0.2) is 48.5 Å². The molecule has 0 aliphatic carbocycles. The molecule has 35 heavy (non-hydrogen) atoms. The van der Waals surface area contributed by atoms with Crippen molar-refractivity contribution in [3.8, 4) is 17.0 Å². The quantitative estimate of drug-likeness (QED) is 0.521. The maximum Gasteiger partial charge on any atom is 0.273 e. The molecule has 1 aromatic heterocycles. The van der Waals surface area contributed by atoms with E-state index in [1.165, 1.54) is 5.56 Å². The molecule has 0 spiro atoms. The second kappa shape index (κ2) is 10.2. The third-order valence-electron chi connectivity index (χ3n) is 7.12. The van der Waals surface area contributed by atoms with Crippen LogP contribution in [0.3, 0.4) is 0 Å². The van der Waals surface area contributed by atoms with Crippen molar-refractivity contribution < 1.29 is 14.3 Å². The molecule has 7 nitrogen and oxygen atoms in total. The highest BCUT2D eigenvalue weighted by atomic mass is 16.5. The SMILES string of the molecule is COc1ccc(-c2n[nH]c3c2C(c2ccc(C(C)C)cc2)N(CCCN2CCOCC2)C3=O)cc1. The molecular formula is C28H34N4O3. The summed E-state index contributed by atoms with van der Waals surface area (Å²) < 4.78 is 10.8. The molecular weight excluding hydrogens is 440 g/mol. The van der Waals surface area contributed by atoms with Crippen LogP contribution in [0, 0.1) is 0 Å². The summed E-state index contributed by atoms with van der Waals surface area (Å²) in [4.78, 5) is 18.0. The minimum atomic E-state index is -0.167. The molecule has 2 aliphatic rings. The van der Waals surface area contributed by atoms with Gasteiger partial charge in [-0.1, -0.05) is 38.1 Å². The summed E-state index contributed by atoms with van der Waals surface area (Å²) >= 11 is 0. The van der Waals surface area contributed by atoms with Crippen LogP contribution in [0.1, 0.15) is 59.4 Å². The van der Waals surface area contributed by atoms with Gasteiger partial charge < -0.3 is 14.4 Å². The van der Waals surface area contributed by atoms with E-state index in [1.54, 1.807) is 7.11 Å². The van der Waals surface area contributed by atoms with Gasteiger partial charge >= 0.3 is 0 Å². The van der Waals surface area contributed by atoms with Gasteiger partial charge in [0.1, 0.15) is 11.4 Å². The van der Waals surface area contributed by atoms with Crippen molar-refractivity contribution in [1.29, 1.82) is 0 Å². The lowest BCUT2D eigenvalue weighted by Crippen LogP contribution is -2.38. The molecule has 0 bridgehead atoms. The van der Waals surface area contributed by atoms with Crippen molar-refractivity contribution in [2.24, 2.45) is 0 Å². The Kier molecular flexibility index (Phi) is 6.88. The number of rotatable bonds is 8.